The van der Waals surface area contributed by atoms with Crippen molar-refractivity contribution in [1.82, 2.24) is 0 Å². The van der Waals surface area contributed by atoms with Crippen LogP contribution in [-0.2, 0) is 38.3 Å². The molecule has 0 bridgehead atoms. The number of rotatable bonds is 23. The molecule has 0 amide bonds. The number of carboxylic acid groups (broad SMARTS) is 3. The summed E-state index contributed by atoms with van der Waals surface area (Å²) in [4.78, 5) is 44.0. The number of aromatic nitrogens is 2. The van der Waals surface area contributed by atoms with Gasteiger partial charge >= 0.3 is 23.8 Å². The molecule has 0 spiro atoms. The second-order valence-corrected chi connectivity index (χ2v) is 37.1. The second-order valence-electron chi connectivity index (χ2n) is 36.1. The van der Waals surface area contributed by atoms with Gasteiger partial charge in [0.1, 0.15) is 30.5 Å². The predicted octanol–water partition coefficient (Wildman–Crippen LogP) is 10.6. The van der Waals surface area contributed by atoms with Crippen molar-refractivity contribution in [3.8, 4) is 0 Å². The Hall–Kier alpha value is -8.05. The summed E-state index contributed by atoms with van der Waals surface area (Å²) in [5.74, 6) is 1.08. The Morgan fingerprint density at radius 2 is 0.746 bits per heavy atom. The second kappa shape index (κ2) is 41.4. The molecule has 3 N–H and O–H groups in total. The van der Waals surface area contributed by atoms with Gasteiger partial charge in [-0.1, -0.05) is 129 Å². The number of nitrogens with zero attached hydrogens (tertiary/aromatic N) is 8. The first kappa shape index (κ1) is 95.5. The number of anilines is 4. The quantitative estimate of drug-likeness (QED) is 0.0415. The lowest BCUT2D eigenvalue weighted by molar-refractivity contribution is -0.676. The van der Waals surface area contributed by atoms with Crippen molar-refractivity contribution < 1.29 is 148 Å². The van der Waals surface area contributed by atoms with Crippen LogP contribution in [0.4, 0.5) is 34.1 Å². The molecule has 4 aliphatic carbocycles. The molecule has 20 heteroatoms. The molecule has 126 heavy (non-hydrogen) atoms. The zero-order valence-corrected chi connectivity index (χ0v) is 83.8. The number of fused-ring (bicyclic) bond motifs is 16. The van der Waals surface area contributed by atoms with E-state index >= 15 is 0 Å². The van der Waals surface area contributed by atoms with Gasteiger partial charge in [0, 0.05) is 157 Å². The highest BCUT2D eigenvalue weighted by Gasteiger charge is 2.48. The van der Waals surface area contributed by atoms with Gasteiger partial charge in [-0.3, -0.25) is 14.4 Å². The van der Waals surface area contributed by atoms with Crippen LogP contribution in [0.1, 0.15) is 255 Å². The molecule has 20 rings (SSSR count). The Kier molecular flexibility index (Phi) is 31.4. The van der Waals surface area contributed by atoms with Crippen molar-refractivity contribution in [2.75, 3.05) is 58.9 Å². The number of benzene rings is 8. The van der Waals surface area contributed by atoms with Crippen LogP contribution in [0.15, 0.2) is 186 Å². The molecule has 4 saturated carbocycles. The standard InChI is InChI=1S/C28H32N2O2.C28H35N2.C25H26N2O3.C25H26N2O2S.4HI/c1-4-29-23-11-7-8-20(23)21-18-19(12-14-24(21)29)13-15-26-28(2,3)22-9-5-6-10-25(22)30(26)17-16-27(31)32;1-5-18-30-26-12-8-7-11-23(26)28(3,4)27(30)17-15-20-14-16-25-22(19-20)21-10-9-13-24(21)29(25)6-2;2*1-2-26-20-8-5-6-18(20)19-16-17(10-12-21(19)26)11-13-24-27(15-14-25(28)29)22-7-3-4-9-23(22)30-24;;;;/h5-6,9-10,12-15,18,20,23H,4,7-8,11,16-17H2,1-3H3;7-8,11-12,14-17,19,21,24H,5-6,9-10,13,18H2,1-4H3;2*3-4,7,9-13,16,18,20H,2,5-6,8,14-15H2,1H3;4*1H/q;+1;;;;;;/p-1. The molecule has 0 radical (unpaired) electrons. The van der Waals surface area contributed by atoms with E-state index in [2.05, 4.69) is 266 Å². The molecule has 4 fully saturated rings. The number of allylic oxidation sites excluding steroid dienone is 2. The van der Waals surface area contributed by atoms with Crippen molar-refractivity contribution in [2.45, 2.75) is 237 Å². The van der Waals surface area contributed by atoms with E-state index in [4.69, 9.17) is 14.6 Å². The van der Waals surface area contributed by atoms with E-state index < -0.39 is 17.9 Å². The normalized spacial score (nSPS) is 21.2. The van der Waals surface area contributed by atoms with Crippen LogP contribution in [0, 0.1) is 0 Å². The third kappa shape index (κ3) is 18.7. The summed E-state index contributed by atoms with van der Waals surface area (Å²) in [6.07, 6.45) is 34.8. The molecule has 0 saturated heterocycles. The van der Waals surface area contributed by atoms with Gasteiger partial charge in [-0.25, -0.2) is 0 Å². The molecule has 15 nitrogen and oxygen atoms in total. The number of hydrogen-bond acceptors (Lipinski definition) is 9. The summed E-state index contributed by atoms with van der Waals surface area (Å²) >= 11 is 1.71. The summed E-state index contributed by atoms with van der Waals surface area (Å²) in [6.45, 7) is 27.3. The number of oxazole rings is 1. The maximum absolute atomic E-state index is 11.3. The average Bonchev–Trinajstić information content (AvgIpc) is 1.59. The fourth-order valence-electron chi connectivity index (χ4n) is 23.1. The number of hydrogen-bond donors (Lipinski definition) is 3. The molecule has 8 unspecified atom stereocenters. The molecule has 8 heterocycles. The van der Waals surface area contributed by atoms with Gasteiger partial charge in [-0.15, -0.1) is 0 Å². The number of carboxylic acids is 3. The van der Waals surface area contributed by atoms with E-state index in [9.17, 15) is 19.5 Å². The highest BCUT2D eigenvalue weighted by atomic mass is 127. The lowest BCUT2D eigenvalue weighted by Gasteiger charge is -2.25. The first-order chi connectivity index (χ1) is 59.3. The van der Waals surface area contributed by atoms with Gasteiger partial charge in [0.15, 0.2) is 31.1 Å². The SMILES string of the molecule is CCC[N+]1=C(/C=C/c2ccc3c(c2)C2CCCC2N3CC)C(C)(C)c2ccccc21.CCN1c2ccc(/C=C/C3=[N+](CCC(=O)O)c4ccccc4C3(C)C)cc2C2CCCC21.CCN1c2ccc(/C=C/c3oc4ccccc4[n+]3CCC(=O)O)cc2C2CCCC21.CCN1c2ccc(/C=C/c3sc4ccccc4[n+]3CCC(=O)O)cc2C2CCCC21.[I-].[I-].[I-].[I-]. The first-order valence-electron chi connectivity index (χ1n) is 45.6. The van der Waals surface area contributed by atoms with Crippen LogP contribution >= 0.6 is 11.3 Å². The molecule has 6 aliphatic heterocycles. The zero-order valence-electron chi connectivity index (χ0n) is 74.3. The Morgan fingerprint density at radius 1 is 0.397 bits per heavy atom. The van der Waals surface area contributed by atoms with Gasteiger partial charge < -0.3 is 135 Å². The number of carbonyl (C=O) groups is 3. The van der Waals surface area contributed by atoms with Gasteiger partial charge in [0.25, 0.3) is 10.5 Å². The summed E-state index contributed by atoms with van der Waals surface area (Å²) in [6, 6.07) is 63.8. The Labute approximate surface area is 817 Å². The smallest absolute Gasteiger partial charge is 0.374 e. The highest BCUT2D eigenvalue weighted by Crippen LogP contribution is 2.54. The number of likely N-dealkylation sites (N-methyl/N-ethyl adjacent to an activating group) is 4. The molecule has 8 aromatic carbocycles. The van der Waals surface area contributed by atoms with Gasteiger partial charge in [0.2, 0.25) is 22.5 Å². The molecular formula is C106H122I4N8O7S. The van der Waals surface area contributed by atoms with Crippen LogP contribution in [0.5, 0.6) is 0 Å². The summed E-state index contributed by atoms with van der Waals surface area (Å²) in [5.41, 5.74) is 27.2. The van der Waals surface area contributed by atoms with Crippen molar-refractivity contribution in [3.63, 3.8) is 0 Å². The van der Waals surface area contributed by atoms with Crippen molar-refractivity contribution in [2.24, 2.45) is 0 Å². The van der Waals surface area contributed by atoms with Crippen molar-refractivity contribution in [3.05, 3.63) is 249 Å². The van der Waals surface area contributed by atoms with Crippen LogP contribution in [0.3, 0.4) is 0 Å². The predicted molar refractivity (Wildman–Crippen MR) is 499 cm³/mol. The molecule has 10 aliphatic rings. The minimum Gasteiger partial charge on any atom is -1.00 e. The number of para-hydroxylation sites is 5. The number of aliphatic carboxylic acids is 3. The van der Waals surface area contributed by atoms with E-state index in [1.807, 2.05) is 53.1 Å². The molecular weight excluding hydrogens is 2040 g/mol. The average molecular weight is 2160 g/mol. The third-order valence-electron chi connectivity index (χ3n) is 28.6. The minimum atomic E-state index is -0.812. The topological polar surface area (TPSA) is 152 Å². The molecule has 2 aromatic heterocycles. The largest absolute Gasteiger partial charge is 1.00 e. The summed E-state index contributed by atoms with van der Waals surface area (Å²) in [7, 11) is 0. The number of halogens is 4. The summed E-state index contributed by atoms with van der Waals surface area (Å²) < 4.78 is 16.0. The maximum atomic E-state index is 11.3. The number of aryl methyl sites for hydroxylation is 2. The lowest BCUT2D eigenvalue weighted by Crippen LogP contribution is -3.00. The monoisotopic (exact) mass is 2160 g/mol. The van der Waals surface area contributed by atoms with E-state index in [1.165, 1.54) is 160 Å². The Bertz CT molecular complexity index is 5680. The van der Waals surface area contributed by atoms with Gasteiger partial charge in [-0.05, 0) is 236 Å². The molecule has 662 valence electrons. The van der Waals surface area contributed by atoms with E-state index in [1.54, 1.807) is 16.9 Å². The van der Waals surface area contributed by atoms with Crippen molar-refractivity contribution >= 4 is 133 Å². The lowest BCUT2D eigenvalue weighted by atomic mass is 9.81. The molecule has 8 atom stereocenters. The molecule has 10 aromatic rings. The van der Waals surface area contributed by atoms with Crippen molar-refractivity contribution in [1.29, 1.82) is 0 Å². The van der Waals surface area contributed by atoms with Crippen LogP contribution < -0.4 is 125 Å². The third-order valence-corrected chi connectivity index (χ3v) is 29.7. The fraction of sp³-hybridized carbons (Fsp3) is 0.406. The first-order valence-corrected chi connectivity index (χ1v) is 46.4. The van der Waals surface area contributed by atoms with E-state index in [-0.39, 0.29) is 126 Å². The van der Waals surface area contributed by atoms with E-state index in [0.29, 0.717) is 61.4 Å². The van der Waals surface area contributed by atoms with Crippen LogP contribution in [0.2, 0.25) is 0 Å². The van der Waals surface area contributed by atoms with Crippen LogP contribution in [0.25, 0.3) is 57.8 Å². The Morgan fingerprint density at radius 3 is 1.15 bits per heavy atom. The van der Waals surface area contributed by atoms with Crippen LogP contribution in [-0.4, -0.2) is 117 Å². The van der Waals surface area contributed by atoms with Gasteiger partial charge in [-0.2, -0.15) is 18.3 Å². The zero-order chi connectivity index (χ0) is 84.7. The maximum Gasteiger partial charge on any atom is 0.374 e. The summed E-state index contributed by atoms with van der Waals surface area (Å²) in [5, 5.41) is 28.7. The number of thiazole rings is 1. The Balaban J connectivity index is 0.000000142. The highest BCUT2D eigenvalue weighted by molar-refractivity contribution is 7.18. The fourth-order valence-corrected chi connectivity index (χ4v) is 24.2. The van der Waals surface area contributed by atoms with Gasteiger partial charge in [0.05, 0.1) is 16.9 Å². The minimum absolute atomic E-state index is 0. The van der Waals surface area contributed by atoms with E-state index in [0.717, 1.165) is 89.7 Å².